The second kappa shape index (κ2) is 7.12. The first-order valence-corrected chi connectivity index (χ1v) is 10.4. The summed E-state index contributed by atoms with van der Waals surface area (Å²) in [5, 5.41) is 3.82. The summed E-state index contributed by atoms with van der Waals surface area (Å²) in [5.41, 5.74) is 2.58. The first kappa shape index (κ1) is 18.2. The number of oxazole rings is 1. The van der Waals surface area contributed by atoms with Crippen LogP contribution in [0.1, 0.15) is 21.8 Å². The van der Waals surface area contributed by atoms with Gasteiger partial charge in [0.15, 0.2) is 21.3 Å². The molecule has 0 spiro atoms. The van der Waals surface area contributed by atoms with Gasteiger partial charge in [0.1, 0.15) is 11.3 Å². The number of hydrogen-bond donors (Lipinski definition) is 1. The molecule has 8 heteroatoms. The molecule has 28 heavy (non-hydrogen) atoms. The molecule has 1 N–H and O–H groups in total. The van der Waals surface area contributed by atoms with Gasteiger partial charge in [-0.3, -0.25) is 4.79 Å². The van der Waals surface area contributed by atoms with Crippen LogP contribution in [-0.4, -0.2) is 38.2 Å². The smallest absolute Gasteiger partial charge is 0.251 e. The molecule has 2 heterocycles. The number of fused-ring (bicyclic) bond motifs is 1. The number of carbonyl (C=O) groups is 1. The van der Waals surface area contributed by atoms with Gasteiger partial charge >= 0.3 is 0 Å². The maximum absolute atomic E-state index is 12.4. The van der Waals surface area contributed by atoms with E-state index in [2.05, 4.69) is 10.3 Å². The largest absolute Gasteiger partial charge is 0.497 e. The molecule has 0 radical (unpaired) electrons. The number of rotatable bonds is 5. The van der Waals surface area contributed by atoms with Crippen molar-refractivity contribution in [1.29, 1.82) is 0 Å². The summed E-state index contributed by atoms with van der Waals surface area (Å²) >= 11 is 0. The molecule has 3 aromatic rings. The van der Waals surface area contributed by atoms with Crippen molar-refractivity contribution in [2.75, 3.05) is 12.9 Å². The highest BCUT2D eigenvalue weighted by Gasteiger charge is 2.23. The molecule has 144 valence electrons. The van der Waals surface area contributed by atoms with Crippen LogP contribution < -0.4 is 10.1 Å². The van der Waals surface area contributed by atoms with E-state index in [1.165, 1.54) is 6.08 Å². The summed E-state index contributed by atoms with van der Waals surface area (Å²) in [6, 6.07) is 12.1. The SMILES string of the molecule is COc1ccc(Cc2nc3ccc(C(=O)N[C@@H]4C=CS(=O)(=O)C4)cc3o2)cc1. The van der Waals surface area contributed by atoms with Crippen LogP contribution in [0.25, 0.3) is 11.1 Å². The topological polar surface area (TPSA) is 98.5 Å². The second-order valence-electron chi connectivity index (χ2n) is 6.55. The lowest BCUT2D eigenvalue weighted by Crippen LogP contribution is -2.35. The Bertz CT molecular complexity index is 1160. The molecule has 1 aromatic heterocycles. The summed E-state index contributed by atoms with van der Waals surface area (Å²) in [6.45, 7) is 0. The molecule has 0 unspecified atom stereocenters. The highest BCUT2D eigenvalue weighted by atomic mass is 32.2. The number of hydrogen-bond acceptors (Lipinski definition) is 6. The van der Waals surface area contributed by atoms with Gasteiger partial charge < -0.3 is 14.5 Å². The summed E-state index contributed by atoms with van der Waals surface area (Å²) in [6.07, 6.45) is 2.00. The molecule has 1 amide bonds. The molecular weight excluding hydrogens is 380 g/mol. The minimum Gasteiger partial charge on any atom is -0.497 e. The van der Waals surface area contributed by atoms with E-state index in [1.807, 2.05) is 24.3 Å². The first-order valence-electron chi connectivity index (χ1n) is 8.66. The highest BCUT2D eigenvalue weighted by Crippen LogP contribution is 2.21. The van der Waals surface area contributed by atoms with E-state index in [0.29, 0.717) is 29.0 Å². The molecule has 0 aliphatic carbocycles. The average Bonchev–Trinajstić information content (AvgIpc) is 3.23. The Kier molecular flexibility index (Phi) is 4.64. The molecule has 1 aliphatic rings. The van der Waals surface area contributed by atoms with Crippen LogP contribution in [0.2, 0.25) is 0 Å². The number of nitrogens with one attached hydrogen (secondary N) is 1. The van der Waals surface area contributed by atoms with Crippen LogP contribution >= 0.6 is 0 Å². The molecular formula is C20H18N2O5S. The molecule has 4 rings (SSSR count). The van der Waals surface area contributed by atoms with Crippen LogP contribution in [0.3, 0.4) is 0 Å². The van der Waals surface area contributed by atoms with Gasteiger partial charge in [0.2, 0.25) is 0 Å². The van der Waals surface area contributed by atoms with E-state index in [4.69, 9.17) is 9.15 Å². The Morgan fingerprint density at radius 2 is 2.04 bits per heavy atom. The van der Waals surface area contributed by atoms with E-state index < -0.39 is 15.9 Å². The summed E-state index contributed by atoms with van der Waals surface area (Å²) in [4.78, 5) is 16.9. The number of benzene rings is 2. The lowest BCUT2D eigenvalue weighted by atomic mass is 10.1. The minimum atomic E-state index is -3.22. The summed E-state index contributed by atoms with van der Waals surface area (Å²) in [7, 11) is -1.60. The summed E-state index contributed by atoms with van der Waals surface area (Å²) < 4.78 is 33.8. The number of nitrogens with zero attached hydrogens (tertiary/aromatic N) is 1. The third kappa shape index (κ3) is 3.91. The van der Waals surface area contributed by atoms with Crippen molar-refractivity contribution in [2.24, 2.45) is 0 Å². The van der Waals surface area contributed by atoms with Crippen LogP contribution in [-0.2, 0) is 16.3 Å². The zero-order valence-corrected chi connectivity index (χ0v) is 15.9. The zero-order chi connectivity index (χ0) is 19.7. The molecule has 1 aliphatic heterocycles. The second-order valence-corrected chi connectivity index (χ2v) is 8.48. The quantitative estimate of drug-likeness (QED) is 0.709. The van der Waals surface area contributed by atoms with Gasteiger partial charge in [-0.05, 0) is 42.0 Å². The monoisotopic (exact) mass is 398 g/mol. The molecule has 0 fully saturated rings. The Balaban J connectivity index is 1.49. The molecule has 0 saturated carbocycles. The number of ether oxygens (including phenoxy) is 1. The first-order chi connectivity index (χ1) is 13.4. The van der Waals surface area contributed by atoms with Gasteiger partial charge in [-0.15, -0.1) is 0 Å². The van der Waals surface area contributed by atoms with E-state index in [0.717, 1.165) is 16.7 Å². The molecule has 1 atom stereocenters. The minimum absolute atomic E-state index is 0.116. The zero-order valence-electron chi connectivity index (χ0n) is 15.1. The number of methoxy groups -OCH3 is 1. The number of aromatic nitrogens is 1. The van der Waals surface area contributed by atoms with Gasteiger partial charge in [-0.2, -0.15) is 0 Å². The van der Waals surface area contributed by atoms with E-state index in [-0.39, 0.29) is 11.7 Å². The third-order valence-corrected chi connectivity index (χ3v) is 5.85. The van der Waals surface area contributed by atoms with Crippen molar-refractivity contribution in [3.63, 3.8) is 0 Å². The van der Waals surface area contributed by atoms with Crippen molar-refractivity contribution >= 4 is 26.8 Å². The van der Waals surface area contributed by atoms with Crippen molar-refractivity contribution in [1.82, 2.24) is 10.3 Å². The number of amides is 1. The normalized spacial score (nSPS) is 17.7. The molecule has 7 nitrogen and oxygen atoms in total. The molecule has 2 aromatic carbocycles. The van der Waals surface area contributed by atoms with Crippen LogP contribution in [0.4, 0.5) is 0 Å². The van der Waals surface area contributed by atoms with E-state index >= 15 is 0 Å². The fraction of sp³-hybridized carbons (Fsp3) is 0.200. The predicted octanol–water partition coefficient (Wildman–Crippen LogP) is 2.47. The van der Waals surface area contributed by atoms with Crippen molar-refractivity contribution in [2.45, 2.75) is 12.5 Å². The van der Waals surface area contributed by atoms with Crippen molar-refractivity contribution in [3.05, 3.63) is 71.0 Å². The fourth-order valence-corrected chi connectivity index (χ4v) is 4.26. The molecule has 0 bridgehead atoms. The Hall–Kier alpha value is -3.13. The van der Waals surface area contributed by atoms with Gasteiger partial charge in [0, 0.05) is 17.4 Å². The maximum Gasteiger partial charge on any atom is 0.251 e. The third-order valence-electron chi connectivity index (χ3n) is 4.46. The van der Waals surface area contributed by atoms with Gasteiger partial charge in [-0.25, -0.2) is 13.4 Å². The predicted molar refractivity (Wildman–Crippen MR) is 104 cm³/mol. The maximum atomic E-state index is 12.4. The van der Waals surface area contributed by atoms with E-state index in [1.54, 1.807) is 25.3 Å². The van der Waals surface area contributed by atoms with Crippen molar-refractivity contribution in [3.8, 4) is 5.75 Å². The average molecular weight is 398 g/mol. The lowest BCUT2D eigenvalue weighted by Gasteiger charge is -2.09. The fourth-order valence-electron chi connectivity index (χ4n) is 3.02. The van der Waals surface area contributed by atoms with Crippen molar-refractivity contribution < 1.29 is 22.4 Å². The molecule has 0 saturated heterocycles. The van der Waals surface area contributed by atoms with Gasteiger partial charge in [0.05, 0.1) is 18.9 Å². The lowest BCUT2D eigenvalue weighted by molar-refractivity contribution is 0.0947. The van der Waals surface area contributed by atoms with Gasteiger partial charge in [0.25, 0.3) is 5.91 Å². The number of sulfone groups is 1. The van der Waals surface area contributed by atoms with Crippen LogP contribution in [0.15, 0.2) is 58.4 Å². The standard InChI is InChI=1S/C20H18N2O5S/c1-26-16-5-2-13(3-6-16)10-19-22-17-7-4-14(11-18(17)27-19)20(23)21-15-8-9-28(24,25)12-15/h2-9,11,15H,10,12H2,1H3,(H,21,23)/t15-/m1/s1. The Labute approximate surface area is 161 Å². The van der Waals surface area contributed by atoms with Gasteiger partial charge in [-0.1, -0.05) is 12.1 Å². The Morgan fingerprint density at radius 3 is 2.71 bits per heavy atom. The highest BCUT2D eigenvalue weighted by molar-refractivity contribution is 7.94. The van der Waals surface area contributed by atoms with Crippen LogP contribution in [0.5, 0.6) is 5.75 Å². The van der Waals surface area contributed by atoms with E-state index in [9.17, 15) is 13.2 Å². The number of carbonyl (C=O) groups excluding carboxylic acids is 1. The van der Waals surface area contributed by atoms with Crippen LogP contribution in [0, 0.1) is 0 Å². The summed E-state index contributed by atoms with van der Waals surface area (Å²) in [5.74, 6) is 0.848. The Morgan fingerprint density at radius 1 is 1.25 bits per heavy atom.